The minimum atomic E-state index is 0.383. The van der Waals surface area contributed by atoms with E-state index in [1.807, 2.05) is 18.2 Å². The SMILES string of the molecule is COc1ccc(OC)c(NC(N)=NCC2CCCN2Cc2ccccc2)c1. The molecule has 0 aliphatic carbocycles. The van der Waals surface area contributed by atoms with E-state index in [0.717, 1.165) is 30.9 Å². The van der Waals surface area contributed by atoms with Crippen molar-refractivity contribution >= 4 is 11.6 Å². The van der Waals surface area contributed by atoms with Gasteiger partial charge in [0, 0.05) is 18.7 Å². The molecule has 6 heteroatoms. The lowest BCUT2D eigenvalue weighted by atomic mass is 10.2. The summed E-state index contributed by atoms with van der Waals surface area (Å²) in [6.07, 6.45) is 2.34. The summed E-state index contributed by atoms with van der Waals surface area (Å²) >= 11 is 0. The Labute approximate surface area is 161 Å². The van der Waals surface area contributed by atoms with Gasteiger partial charge in [-0.2, -0.15) is 0 Å². The summed E-state index contributed by atoms with van der Waals surface area (Å²) in [7, 11) is 3.25. The van der Waals surface area contributed by atoms with Gasteiger partial charge in [-0.25, -0.2) is 0 Å². The number of aliphatic imine (C=N–C) groups is 1. The molecule has 0 aromatic heterocycles. The lowest BCUT2D eigenvalue weighted by molar-refractivity contribution is 0.250. The summed E-state index contributed by atoms with van der Waals surface area (Å²) in [4.78, 5) is 7.05. The van der Waals surface area contributed by atoms with Crippen LogP contribution >= 0.6 is 0 Å². The van der Waals surface area contributed by atoms with Gasteiger partial charge >= 0.3 is 0 Å². The van der Waals surface area contributed by atoms with Crippen molar-refractivity contribution in [3.63, 3.8) is 0 Å². The normalized spacial score (nSPS) is 17.7. The summed E-state index contributed by atoms with van der Waals surface area (Å²) in [6, 6.07) is 16.5. The Morgan fingerprint density at radius 1 is 1.19 bits per heavy atom. The topological polar surface area (TPSA) is 72.1 Å². The molecule has 0 spiro atoms. The molecule has 3 rings (SSSR count). The number of hydrogen-bond acceptors (Lipinski definition) is 4. The fourth-order valence-electron chi connectivity index (χ4n) is 3.42. The van der Waals surface area contributed by atoms with Gasteiger partial charge in [0.15, 0.2) is 5.96 Å². The average molecular weight is 368 g/mol. The van der Waals surface area contributed by atoms with E-state index < -0.39 is 0 Å². The molecule has 3 N–H and O–H groups in total. The van der Waals surface area contributed by atoms with Gasteiger partial charge in [0.25, 0.3) is 0 Å². The number of nitrogens with one attached hydrogen (secondary N) is 1. The van der Waals surface area contributed by atoms with Crippen LogP contribution in [0.2, 0.25) is 0 Å². The summed E-state index contributed by atoms with van der Waals surface area (Å²) in [5.74, 6) is 1.81. The number of benzene rings is 2. The average Bonchev–Trinajstić information content (AvgIpc) is 3.14. The number of ether oxygens (including phenoxy) is 2. The maximum atomic E-state index is 6.12. The molecular formula is C21H28N4O2. The second-order valence-corrected chi connectivity index (χ2v) is 6.67. The number of anilines is 1. The first-order valence-corrected chi connectivity index (χ1v) is 9.26. The highest BCUT2D eigenvalue weighted by molar-refractivity contribution is 5.94. The number of methoxy groups -OCH3 is 2. The number of hydrogen-bond donors (Lipinski definition) is 2. The van der Waals surface area contributed by atoms with Crippen molar-refractivity contribution in [3.05, 3.63) is 54.1 Å². The first-order chi connectivity index (χ1) is 13.2. The first-order valence-electron chi connectivity index (χ1n) is 9.26. The lowest BCUT2D eigenvalue weighted by Gasteiger charge is -2.23. The highest BCUT2D eigenvalue weighted by atomic mass is 16.5. The van der Waals surface area contributed by atoms with Crippen LogP contribution in [0.5, 0.6) is 11.5 Å². The van der Waals surface area contributed by atoms with Gasteiger partial charge in [0.2, 0.25) is 0 Å². The highest BCUT2D eigenvalue weighted by Crippen LogP contribution is 2.28. The molecule has 6 nitrogen and oxygen atoms in total. The highest BCUT2D eigenvalue weighted by Gasteiger charge is 2.24. The molecule has 1 aliphatic heterocycles. The van der Waals surface area contributed by atoms with E-state index in [9.17, 15) is 0 Å². The van der Waals surface area contributed by atoms with Crippen LogP contribution in [0.1, 0.15) is 18.4 Å². The predicted molar refractivity (Wildman–Crippen MR) is 110 cm³/mol. The molecule has 1 heterocycles. The third-order valence-corrected chi connectivity index (χ3v) is 4.87. The zero-order valence-corrected chi connectivity index (χ0v) is 16.0. The van der Waals surface area contributed by atoms with Crippen molar-refractivity contribution in [2.24, 2.45) is 10.7 Å². The van der Waals surface area contributed by atoms with Gasteiger partial charge in [0.1, 0.15) is 11.5 Å². The Morgan fingerprint density at radius 2 is 2.00 bits per heavy atom. The molecule has 1 fully saturated rings. The van der Waals surface area contributed by atoms with Crippen LogP contribution in [0.25, 0.3) is 0 Å². The number of likely N-dealkylation sites (tertiary alicyclic amines) is 1. The Kier molecular flexibility index (Phi) is 6.54. The summed E-state index contributed by atoms with van der Waals surface area (Å²) in [5, 5.41) is 3.13. The van der Waals surface area contributed by atoms with Crippen LogP contribution in [0.3, 0.4) is 0 Å². The van der Waals surface area contributed by atoms with Gasteiger partial charge in [-0.1, -0.05) is 30.3 Å². The zero-order chi connectivity index (χ0) is 19.1. The lowest BCUT2D eigenvalue weighted by Crippen LogP contribution is -2.33. The third kappa shape index (κ3) is 5.14. The van der Waals surface area contributed by atoms with Crippen LogP contribution < -0.4 is 20.5 Å². The van der Waals surface area contributed by atoms with Crippen LogP contribution in [-0.4, -0.2) is 44.2 Å². The van der Waals surface area contributed by atoms with E-state index in [4.69, 9.17) is 15.2 Å². The first kappa shape index (κ1) is 19.0. The van der Waals surface area contributed by atoms with Crippen molar-refractivity contribution in [2.75, 3.05) is 32.6 Å². The maximum Gasteiger partial charge on any atom is 0.193 e. The molecule has 1 atom stereocenters. The van der Waals surface area contributed by atoms with E-state index in [2.05, 4.69) is 45.5 Å². The monoisotopic (exact) mass is 368 g/mol. The van der Waals surface area contributed by atoms with Crippen LogP contribution in [-0.2, 0) is 6.54 Å². The Balaban J connectivity index is 1.61. The number of guanidine groups is 1. The second-order valence-electron chi connectivity index (χ2n) is 6.67. The minimum Gasteiger partial charge on any atom is -0.497 e. The summed E-state index contributed by atoms with van der Waals surface area (Å²) in [5.41, 5.74) is 8.20. The van der Waals surface area contributed by atoms with E-state index in [1.54, 1.807) is 14.2 Å². The predicted octanol–water partition coefficient (Wildman–Crippen LogP) is 3.10. The molecule has 0 radical (unpaired) electrons. The smallest absolute Gasteiger partial charge is 0.193 e. The van der Waals surface area contributed by atoms with Gasteiger partial charge < -0.3 is 20.5 Å². The van der Waals surface area contributed by atoms with Gasteiger partial charge in [0.05, 0.1) is 26.5 Å². The van der Waals surface area contributed by atoms with E-state index >= 15 is 0 Å². The molecule has 2 aromatic carbocycles. The largest absolute Gasteiger partial charge is 0.497 e. The minimum absolute atomic E-state index is 0.383. The molecular weight excluding hydrogens is 340 g/mol. The Morgan fingerprint density at radius 3 is 2.74 bits per heavy atom. The second kappa shape index (κ2) is 9.28. The number of nitrogens with two attached hydrogens (primary N) is 1. The maximum absolute atomic E-state index is 6.12. The van der Waals surface area contributed by atoms with Gasteiger partial charge in [-0.05, 0) is 37.1 Å². The van der Waals surface area contributed by atoms with Crippen molar-refractivity contribution in [3.8, 4) is 11.5 Å². The standard InChI is InChI=1S/C21H28N4O2/c1-26-18-10-11-20(27-2)19(13-18)24-21(22)23-14-17-9-6-12-25(17)15-16-7-4-3-5-8-16/h3-5,7-8,10-11,13,17H,6,9,12,14-15H2,1-2H3,(H3,22,23,24). The number of rotatable bonds is 7. The van der Waals surface area contributed by atoms with Crippen LogP contribution in [0.15, 0.2) is 53.5 Å². The third-order valence-electron chi connectivity index (χ3n) is 4.87. The quantitative estimate of drug-likeness (QED) is 0.580. The van der Waals surface area contributed by atoms with Crippen LogP contribution in [0.4, 0.5) is 5.69 Å². The molecule has 0 bridgehead atoms. The van der Waals surface area contributed by atoms with Crippen molar-refractivity contribution in [1.82, 2.24) is 4.90 Å². The van der Waals surface area contributed by atoms with Crippen molar-refractivity contribution in [1.29, 1.82) is 0 Å². The Bertz CT molecular complexity index is 764. The summed E-state index contributed by atoms with van der Waals surface area (Å²) < 4.78 is 10.6. The van der Waals surface area contributed by atoms with Crippen LogP contribution in [0, 0.1) is 0 Å². The molecule has 1 aliphatic rings. The summed E-state index contributed by atoms with van der Waals surface area (Å²) in [6.45, 7) is 2.74. The zero-order valence-electron chi connectivity index (χ0n) is 16.0. The van der Waals surface area contributed by atoms with Crippen molar-refractivity contribution < 1.29 is 9.47 Å². The van der Waals surface area contributed by atoms with E-state index in [1.165, 1.54) is 12.0 Å². The molecule has 27 heavy (non-hydrogen) atoms. The number of nitrogens with zero attached hydrogens (tertiary/aromatic N) is 2. The van der Waals surface area contributed by atoms with Crippen molar-refractivity contribution in [2.45, 2.75) is 25.4 Å². The Hall–Kier alpha value is -2.73. The molecule has 1 unspecified atom stereocenters. The molecule has 0 saturated carbocycles. The molecule has 1 saturated heterocycles. The fourth-order valence-corrected chi connectivity index (χ4v) is 3.42. The fraction of sp³-hybridized carbons (Fsp3) is 0.381. The molecule has 2 aromatic rings. The van der Waals surface area contributed by atoms with E-state index in [-0.39, 0.29) is 0 Å². The van der Waals surface area contributed by atoms with Gasteiger partial charge in [-0.3, -0.25) is 9.89 Å². The molecule has 144 valence electrons. The molecule has 0 amide bonds. The van der Waals surface area contributed by atoms with Gasteiger partial charge in [-0.15, -0.1) is 0 Å². The van der Waals surface area contributed by atoms with E-state index in [0.29, 0.717) is 24.3 Å².